The Labute approximate surface area is 143 Å². The summed E-state index contributed by atoms with van der Waals surface area (Å²) in [6.45, 7) is 8.29. The smallest absolute Gasteiger partial charge is 0.225 e. The first-order valence-corrected chi connectivity index (χ1v) is 8.57. The number of rotatable bonds is 6. The van der Waals surface area contributed by atoms with Gasteiger partial charge in [-0.1, -0.05) is 17.7 Å². The minimum Gasteiger partial charge on any atom is -0.394 e. The molecule has 1 atom stereocenters. The summed E-state index contributed by atoms with van der Waals surface area (Å²) < 4.78 is 0. The monoisotopic (exact) mass is 326 g/mol. The van der Waals surface area contributed by atoms with Gasteiger partial charge in [0, 0.05) is 23.7 Å². The molecule has 5 heteroatoms. The van der Waals surface area contributed by atoms with Crippen LogP contribution in [0.3, 0.4) is 0 Å². The second kappa shape index (κ2) is 6.77. The minimum atomic E-state index is -0.0739. The molecule has 1 aliphatic carbocycles. The number of nitrogens with one attached hydrogen (secondary N) is 2. The SMILES string of the molecule is Cc1cc(C)c(Nc2cc(C3CC3)nc(N[C@@H](C)CO)n2)c(C)c1. The lowest BCUT2D eigenvalue weighted by molar-refractivity contribution is 0.281. The molecule has 0 amide bonds. The van der Waals surface area contributed by atoms with E-state index < -0.39 is 0 Å². The van der Waals surface area contributed by atoms with E-state index in [4.69, 9.17) is 0 Å². The average Bonchev–Trinajstić information content (AvgIpc) is 3.35. The van der Waals surface area contributed by atoms with Gasteiger partial charge in [0.15, 0.2) is 0 Å². The first-order valence-electron chi connectivity index (χ1n) is 8.57. The highest BCUT2D eigenvalue weighted by molar-refractivity contribution is 5.66. The molecule has 1 fully saturated rings. The van der Waals surface area contributed by atoms with Crippen molar-refractivity contribution in [2.75, 3.05) is 17.2 Å². The van der Waals surface area contributed by atoms with E-state index in [1.807, 2.05) is 13.0 Å². The lowest BCUT2D eigenvalue weighted by Crippen LogP contribution is -2.21. The highest BCUT2D eigenvalue weighted by atomic mass is 16.3. The quantitative estimate of drug-likeness (QED) is 0.753. The maximum Gasteiger partial charge on any atom is 0.225 e. The Hall–Kier alpha value is -2.14. The topological polar surface area (TPSA) is 70.1 Å². The standard InChI is InChI=1S/C19H26N4O/c1-11-7-12(2)18(13(3)8-11)22-17-9-16(15-5-6-15)21-19(23-17)20-14(4)10-24/h7-9,14-15,24H,5-6,10H2,1-4H3,(H2,20,21,22,23)/t14-/m0/s1. The van der Waals surface area contributed by atoms with Gasteiger partial charge >= 0.3 is 0 Å². The van der Waals surface area contributed by atoms with Gasteiger partial charge < -0.3 is 15.7 Å². The summed E-state index contributed by atoms with van der Waals surface area (Å²) in [5, 5.41) is 15.9. The fourth-order valence-electron chi connectivity index (χ4n) is 2.95. The molecule has 1 heterocycles. The van der Waals surface area contributed by atoms with Crippen molar-refractivity contribution in [3.8, 4) is 0 Å². The van der Waals surface area contributed by atoms with Gasteiger partial charge in [0.25, 0.3) is 0 Å². The van der Waals surface area contributed by atoms with Crippen LogP contribution in [-0.4, -0.2) is 27.7 Å². The maximum absolute atomic E-state index is 9.26. The first-order chi connectivity index (χ1) is 11.5. The number of aliphatic hydroxyl groups is 1. The number of hydrogen-bond donors (Lipinski definition) is 3. The van der Waals surface area contributed by atoms with Crippen molar-refractivity contribution in [3.05, 3.63) is 40.6 Å². The van der Waals surface area contributed by atoms with Crippen LogP contribution < -0.4 is 10.6 Å². The molecule has 1 aliphatic rings. The van der Waals surface area contributed by atoms with Crippen LogP contribution in [0.5, 0.6) is 0 Å². The molecular formula is C19H26N4O. The normalized spacial score (nSPS) is 15.2. The van der Waals surface area contributed by atoms with E-state index >= 15 is 0 Å². The second-order valence-corrected chi connectivity index (χ2v) is 6.90. The van der Waals surface area contributed by atoms with Gasteiger partial charge in [-0.25, -0.2) is 4.98 Å². The zero-order valence-electron chi connectivity index (χ0n) is 14.8. The lowest BCUT2D eigenvalue weighted by atomic mass is 10.1. The molecule has 3 N–H and O–H groups in total. The number of aromatic nitrogens is 2. The Morgan fingerprint density at radius 3 is 2.38 bits per heavy atom. The molecule has 0 spiro atoms. The van der Waals surface area contributed by atoms with Crippen LogP contribution in [0.2, 0.25) is 0 Å². The number of hydrogen-bond acceptors (Lipinski definition) is 5. The van der Waals surface area contributed by atoms with Crippen molar-refractivity contribution in [1.82, 2.24) is 9.97 Å². The van der Waals surface area contributed by atoms with E-state index in [0.29, 0.717) is 11.9 Å². The van der Waals surface area contributed by atoms with Crippen LogP contribution in [0.25, 0.3) is 0 Å². The van der Waals surface area contributed by atoms with Crippen LogP contribution in [0.4, 0.5) is 17.5 Å². The molecule has 2 aromatic rings. The van der Waals surface area contributed by atoms with Crippen LogP contribution in [-0.2, 0) is 0 Å². The Morgan fingerprint density at radius 2 is 1.79 bits per heavy atom. The van der Waals surface area contributed by atoms with Crippen LogP contribution >= 0.6 is 0 Å². The van der Waals surface area contributed by atoms with Crippen LogP contribution in [0.15, 0.2) is 18.2 Å². The minimum absolute atomic E-state index is 0.0515. The fraction of sp³-hybridized carbons (Fsp3) is 0.474. The Morgan fingerprint density at radius 1 is 1.12 bits per heavy atom. The summed E-state index contributed by atoms with van der Waals surface area (Å²) in [6, 6.07) is 6.32. The molecule has 128 valence electrons. The van der Waals surface area contributed by atoms with Crippen molar-refractivity contribution >= 4 is 17.5 Å². The Bertz CT molecular complexity index is 717. The highest BCUT2D eigenvalue weighted by Crippen LogP contribution is 2.40. The zero-order chi connectivity index (χ0) is 17.3. The van der Waals surface area contributed by atoms with E-state index in [0.717, 1.165) is 17.2 Å². The molecule has 0 radical (unpaired) electrons. The molecule has 0 saturated heterocycles. The molecular weight excluding hydrogens is 300 g/mol. The molecule has 1 aromatic carbocycles. The van der Waals surface area contributed by atoms with E-state index in [1.54, 1.807) is 0 Å². The number of aliphatic hydroxyl groups excluding tert-OH is 1. The largest absolute Gasteiger partial charge is 0.394 e. The van der Waals surface area contributed by atoms with Crippen molar-refractivity contribution < 1.29 is 5.11 Å². The zero-order valence-corrected chi connectivity index (χ0v) is 14.8. The number of benzene rings is 1. The van der Waals surface area contributed by atoms with E-state index in [1.165, 1.54) is 29.5 Å². The second-order valence-electron chi connectivity index (χ2n) is 6.90. The van der Waals surface area contributed by atoms with E-state index in [2.05, 4.69) is 53.5 Å². The van der Waals surface area contributed by atoms with E-state index in [-0.39, 0.29) is 12.6 Å². The lowest BCUT2D eigenvalue weighted by Gasteiger charge is -2.16. The summed E-state index contributed by atoms with van der Waals surface area (Å²) in [5.41, 5.74) is 5.84. The summed E-state index contributed by atoms with van der Waals surface area (Å²) in [5.74, 6) is 1.92. The summed E-state index contributed by atoms with van der Waals surface area (Å²) >= 11 is 0. The fourth-order valence-corrected chi connectivity index (χ4v) is 2.95. The molecule has 3 rings (SSSR count). The average molecular weight is 326 g/mol. The van der Waals surface area contributed by atoms with Crippen molar-refractivity contribution in [3.63, 3.8) is 0 Å². The van der Waals surface area contributed by atoms with Crippen molar-refractivity contribution in [1.29, 1.82) is 0 Å². The van der Waals surface area contributed by atoms with Gasteiger partial charge in [-0.15, -0.1) is 0 Å². The van der Waals surface area contributed by atoms with Crippen molar-refractivity contribution in [2.24, 2.45) is 0 Å². The third kappa shape index (κ3) is 3.85. The molecule has 0 aliphatic heterocycles. The number of anilines is 3. The number of aryl methyl sites for hydroxylation is 3. The number of nitrogens with zero attached hydrogens (tertiary/aromatic N) is 2. The Kier molecular flexibility index (Phi) is 4.71. The van der Waals surface area contributed by atoms with Gasteiger partial charge in [-0.2, -0.15) is 4.98 Å². The molecule has 0 bridgehead atoms. The predicted molar refractivity (Wildman–Crippen MR) is 98.1 cm³/mol. The molecule has 24 heavy (non-hydrogen) atoms. The summed E-state index contributed by atoms with van der Waals surface area (Å²) in [7, 11) is 0. The highest BCUT2D eigenvalue weighted by Gasteiger charge is 2.26. The van der Waals surface area contributed by atoms with E-state index in [9.17, 15) is 5.11 Å². The van der Waals surface area contributed by atoms with Gasteiger partial charge in [0.1, 0.15) is 5.82 Å². The molecule has 0 unspecified atom stereocenters. The molecule has 1 aromatic heterocycles. The third-order valence-corrected chi connectivity index (χ3v) is 4.32. The van der Waals surface area contributed by atoms with Gasteiger partial charge in [-0.3, -0.25) is 0 Å². The van der Waals surface area contributed by atoms with Gasteiger partial charge in [-0.05, 0) is 51.7 Å². The summed E-state index contributed by atoms with van der Waals surface area (Å²) in [4.78, 5) is 9.20. The van der Waals surface area contributed by atoms with Crippen molar-refractivity contribution in [2.45, 2.75) is 52.5 Å². The third-order valence-electron chi connectivity index (χ3n) is 4.32. The van der Waals surface area contributed by atoms with Crippen LogP contribution in [0, 0.1) is 20.8 Å². The maximum atomic E-state index is 9.26. The van der Waals surface area contributed by atoms with Gasteiger partial charge in [0.2, 0.25) is 5.95 Å². The Balaban J connectivity index is 1.92. The first kappa shape index (κ1) is 16.7. The predicted octanol–water partition coefficient (Wildman–Crippen LogP) is 3.82. The molecule has 5 nitrogen and oxygen atoms in total. The van der Waals surface area contributed by atoms with Gasteiger partial charge in [0.05, 0.1) is 12.3 Å². The summed E-state index contributed by atoms with van der Waals surface area (Å²) in [6.07, 6.45) is 2.38. The molecule has 1 saturated carbocycles. The van der Waals surface area contributed by atoms with Crippen LogP contribution in [0.1, 0.15) is 48.1 Å².